The third-order valence-electron chi connectivity index (χ3n) is 3.88. The van der Waals surface area contributed by atoms with Crippen LogP contribution in [-0.2, 0) is 9.47 Å². The minimum absolute atomic E-state index is 0.0776. The van der Waals surface area contributed by atoms with E-state index in [-0.39, 0.29) is 11.9 Å². The van der Waals surface area contributed by atoms with Crippen LogP contribution in [0.25, 0.3) is 0 Å². The van der Waals surface area contributed by atoms with Crippen molar-refractivity contribution in [3.05, 3.63) is 24.0 Å². The lowest BCUT2D eigenvalue weighted by molar-refractivity contribution is 0.0944. The zero-order chi connectivity index (χ0) is 14.8. The molecule has 0 radical (unpaired) electrons. The van der Waals surface area contributed by atoms with E-state index in [1.165, 1.54) is 11.0 Å². The number of anilines is 2. The molecule has 0 unspecified atom stereocenters. The molecule has 0 spiro atoms. The summed E-state index contributed by atoms with van der Waals surface area (Å²) in [5.74, 6) is -0.319. The summed E-state index contributed by atoms with van der Waals surface area (Å²) in [7, 11) is 0. The van der Waals surface area contributed by atoms with E-state index >= 15 is 0 Å². The molecule has 1 amide bonds. The molecule has 0 bridgehead atoms. The average molecular weight is 294 g/mol. The summed E-state index contributed by atoms with van der Waals surface area (Å²) in [6.45, 7) is 4.99. The molecular formula is C15H19FN2O3. The monoisotopic (exact) mass is 294 g/mol. The third-order valence-corrected chi connectivity index (χ3v) is 3.88. The number of morpholine rings is 1. The molecule has 0 aromatic heterocycles. The smallest absolute Gasteiger partial charge is 0.414 e. The summed E-state index contributed by atoms with van der Waals surface area (Å²) >= 11 is 0. The normalized spacial score (nSPS) is 23.1. The van der Waals surface area contributed by atoms with Crippen molar-refractivity contribution in [1.29, 1.82) is 0 Å². The van der Waals surface area contributed by atoms with Crippen LogP contribution in [0.3, 0.4) is 0 Å². The molecule has 1 aromatic rings. The van der Waals surface area contributed by atoms with Gasteiger partial charge in [0.1, 0.15) is 11.9 Å². The number of nitrogens with zero attached hydrogens (tertiary/aromatic N) is 2. The molecule has 21 heavy (non-hydrogen) atoms. The lowest BCUT2D eigenvalue weighted by atomic mass is 10.2. The van der Waals surface area contributed by atoms with Crippen molar-refractivity contribution in [2.75, 3.05) is 42.6 Å². The summed E-state index contributed by atoms with van der Waals surface area (Å²) in [5.41, 5.74) is 1.10. The quantitative estimate of drug-likeness (QED) is 0.840. The molecule has 1 atom stereocenters. The van der Waals surface area contributed by atoms with Crippen LogP contribution in [0.5, 0.6) is 0 Å². The highest BCUT2D eigenvalue weighted by molar-refractivity contribution is 5.88. The molecule has 0 saturated carbocycles. The molecule has 2 heterocycles. The molecule has 6 heteroatoms. The van der Waals surface area contributed by atoms with Crippen molar-refractivity contribution >= 4 is 17.5 Å². The van der Waals surface area contributed by atoms with Gasteiger partial charge in [-0.25, -0.2) is 9.18 Å². The van der Waals surface area contributed by atoms with Crippen LogP contribution >= 0.6 is 0 Å². The summed E-state index contributed by atoms with van der Waals surface area (Å²) in [6.07, 6.45) is 0.261. The molecule has 114 valence electrons. The van der Waals surface area contributed by atoms with E-state index in [0.29, 0.717) is 44.2 Å². The topological polar surface area (TPSA) is 42.0 Å². The number of carbonyl (C=O) groups excluding carboxylic acids is 1. The molecule has 2 fully saturated rings. The van der Waals surface area contributed by atoms with E-state index in [4.69, 9.17) is 9.47 Å². The van der Waals surface area contributed by atoms with Gasteiger partial charge in [0.25, 0.3) is 0 Å². The zero-order valence-electron chi connectivity index (χ0n) is 12.0. The van der Waals surface area contributed by atoms with Gasteiger partial charge in [0, 0.05) is 26.1 Å². The Morgan fingerprint density at radius 2 is 2.00 bits per heavy atom. The van der Waals surface area contributed by atoms with Crippen LogP contribution in [0.2, 0.25) is 0 Å². The predicted molar refractivity (Wildman–Crippen MR) is 77.3 cm³/mol. The van der Waals surface area contributed by atoms with Crippen molar-refractivity contribution < 1.29 is 18.7 Å². The number of amides is 1. The summed E-state index contributed by atoms with van der Waals surface area (Å²) in [6, 6.07) is 4.90. The Morgan fingerprint density at radius 3 is 2.67 bits per heavy atom. The second-order valence-corrected chi connectivity index (χ2v) is 5.37. The summed E-state index contributed by atoms with van der Waals surface area (Å²) in [4.78, 5) is 15.3. The first-order chi connectivity index (χ1) is 10.1. The second-order valence-electron chi connectivity index (χ2n) is 5.37. The van der Waals surface area contributed by atoms with Gasteiger partial charge in [-0.15, -0.1) is 0 Å². The van der Waals surface area contributed by atoms with Crippen molar-refractivity contribution in [2.45, 2.75) is 19.4 Å². The maximum Gasteiger partial charge on any atom is 0.414 e. The minimum atomic E-state index is -0.410. The number of halogens is 1. The predicted octanol–water partition coefficient (Wildman–Crippen LogP) is 2.40. The van der Waals surface area contributed by atoms with Crippen molar-refractivity contribution in [1.82, 2.24) is 0 Å². The fraction of sp³-hybridized carbons (Fsp3) is 0.533. The highest BCUT2D eigenvalue weighted by atomic mass is 19.1. The first-order valence-electron chi connectivity index (χ1n) is 7.25. The first-order valence-corrected chi connectivity index (χ1v) is 7.25. The van der Waals surface area contributed by atoms with Crippen molar-refractivity contribution in [3.8, 4) is 0 Å². The minimum Gasteiger partial charge on any atom is -0.446 e. The van der Waals surface area contributed by atoms with E-state index in [9.17, 15) is 9.18 Å². The van der Waals surface area contributed by atoms with Gasteiger partial charge >= 0.3 is 6.09 Å². The van der Waals surface area contributed by atoms with Crippen LogP contribution in [0.4, 0.5) is 20.6 Å². The molecule has 3 rings (SSSR count). The van der Waals surface area contributed by atoms with Gasteiger partial charge in [-0.1, -0.05) is 0 Å². The number of rotatable bonds is 2. The number of benzene rings is 1. The van der Waals surface area contributed by atoms with Crippen molar-refractivity contribution in [2.24, 2.45) is 0 Å². The Labute approximate surface area is 123 Å². The summed E-state index contributed by atoms with van der Waals surface area (Å²) in [5, 5.41) is 0. The van der Waals surface area contributed by atoms with Gasteiger partial charge in [-0.2, -0.15) is 0 Å². The lowest BCUT2D eigenvalue weighted by Gasteiger charge is -2.32. The van der Waals surface area contributed by atoms with Crippen LogP contribution in [-0.4, -0.2) is 45.0 Å². The molecule has 2 saturated heterocycles. The Bertz CT molecular complexity index is 532. The van der Waals surface area contributed by atoms with E-state index in [1.807, 2.05) is 11.8 Å². The molecular weight excluding hydrogens is 275 g/mol. The van der Waals surface area contributed by atoms with E-state index in [1.54, 1.807) is 12.1 Å². The first kappa shape index (κ1) is 14.1. The number of ether oxygens (including phenoxy) is 2. The van der Waals surface area contributed by atoms with Gasteiger partial charge < -0.3 is 14.4 Å². The molecule has 5 nitrogen and oxygen atoms in total. The van der Waals surface area contributed by atoms with Gasteiger partial charge in [-0.05, 0) is 25.1 Å². The molecule has 2 aliphatic heterocycles. The zero-order valence-corrected chi connectivity index (χ0v) is 12.0. The molecule has 2 aliphatic rings. The summed E-state index contributed by atoms with van der Waals surface area (Å²) < 4.78 is 24.8. The Balaban J connectivity index is 1.79. The highest BCUT2D eigenvalue weighted by Crippen LogP contribution is 2.27. The standard InChI is InChI=1S/C15H19FN2O3/c1-11-4-5-18(15(19)21-11)12-2-3-14(13(16)10-12)17-6-8-20-9-7-17/h2-3,10-11H,4-9H2,1H3/t11-/m0/s1. The second kappa shape index (κ2) is 5.89. The van der Waals surface area contributed by atoms with E-state index in [0.717, 1.165) is 6.42 Å². The number of carbonyl (C=O) groups is 1. The Hall–Kier alpha value is -1.82. The van der Waals surface area contributed by atoms with E-state index in [2.05, 4.69) is 0 Å². The Kier molecular flexibility index (Phi) is 3.96. The van der Waals surface area contributed by atoms with Gasteiger partial charge in [-0.3, -0.25) is 4.90 Å². The fourth-order valence-electron chi connectivity index (χ4n) is 2.66. The maximum absolute atomic E-state index is 14.3. The van der Waals surface area contributed by atoms with Gasteiger partial charge in [0.15, 0.2) is 0 Å². The molecule has 0 N–H and O–H groups in total. The number of hydrogen-bond donors (Lipinski definition) is 0. The number of cyclic esters (lactones) is 1. The number of hydrogen-bond acceptors (Lipinski definition) is 4. The highest BCUT2D eigenvalue weighted by Gasteiger charge is 2.26. The molecule has 1 aromatic carbocycles. The molecule has 0 aliphatic carbocycles. The SMILES string of the molecule is C[C@H]1CCN(c2ccc(N3CCOCC3)c(F)c2)C(=O)O1. The largest absolute Gasteiger partial charge is 0.446 e. The fourth-order valence-corrected chi connectivity index (χ4v) is 2.66. The average Bonchev–Trinajstić information content (AvgIpc) is 2.48. The van der Waals surface area contributed by atoms with E-state index < -0.39 is 6.09 Å². The van der Waals surface area contributed by atoms with Crippen molar-refractivity contribution in [3.63, 3.8) is 0 Å². The van der Waals surface area contributed by atoms with Gasteiger partial charge in [0.05, 0.1) is 24.6 Å². The van der Waals surface area contributed by atoms with Gasteiger partial charge in [0.2, 0.25) is 0 Å². The Morgan fingerprint density at radius 1 is 1.24 bits per heavy atom. The lowest BCUT2D eigenvalue weighted by Crippen LogP contribution is -2.41. The maximum atomic E-state index is 14.3. The van der Waals surface area contributed by atoms with Crippen LogP contribution in [0, 0.1) is 5.82 Å². The third kappa shape index (κ3) is 2.95. The van der Waals surface area contributed by atoms with Crippen LogP contribution in [0.1, 0.15) is 13.3 Å². The van der Waals surface area contributed by atoms with Crippen LogP contribution < -0.4 is 9.80 Å². The van der Waals surface area contributed by atoms with Crippen LogP contribution in [0.15, 0.2) is 18.2 Å².